The summed E-state index contributed by atoms with van der Waals surface area (Å²) >= 11 is 3.36. The molecule has 3 aromatic rings. The molecule has 1 N–H and O–H groups in total. The highest BCUT2D eigenvalue weighted by Crippen LogP contribution is 2.29. The van der Waals surface area contributed by atoms with Crippen LogP contribution in [0.1, 0.15) is 15.9 Å². The van der Waals surface area contributed by atoms with Gasteiger partial charge < -0.3 is 10.1 Å². The fraction of sp³-hybridized carbons (Fsp3) is 0.118. The Morgan fingerprint density at radius 2 is 2.00 bits per heavy atom. The van der Waals surface area contributed by atoms with E-state index in [4.69, 9.17) is 9.37 Å². The number of halogens is 1. The van der Waals surface area contributed by atoms with Crippen LogP contribution >= 0.6 is 15.9 Å². The molecule has 1 amide bonds. The van der Waals surface area contributed by atoms with Gasteiger partial charge in [0.1, 0.15) is 5.75 Å². The van der Waals surface area contributed by atoms with Gasteiger partial charge in [-0.1, -0.05) is 12.1 Å². The first-order chi connectivity index (χ1) is 11.6. The summed E-state index contributed by atoms with van der Waals surface area (Å²) in [4.78, 5) is 12.4. The first-order valence-electron chi connectivity index (χ1n) is 7.13. The van der Waals surface area contributed by atoms with Gasteiger partial charge in [0, 0.05) is 10.0 Å². The van der Waals surface area contributed by atoms with E-state index in [9.17, 15) is 4.79 Å². The van der Waals surface area contributed by atoms with Gasteiger partial charge in [-0.3, -0.25) is 4.79 Å². The van der Waals surface area contributed by atoms with Crippen molar-refractivity contribution in [2.75, 3.05) is 12.4 Å². The Morgan fingerprint density at radius 3 is 2.71 bits per heavy atom. The molecule has 1 heterocycles. The van der Waals surface area contributed by atoms with Crippen LogP contribution in [0.2, 0.25) is 0 Å². The second-order valence-electron chi connectivity index (χ2n) is 5.08. The molecule has 0 fully saturated rings. The molecular weight excluding hydrogens is 374 g/mol. The lowest BCUT2D eigenvalue weighted by molar-refractivity contribution is 0.102. The number of methoxy groups -OCH3 is 1. The summed E-state index contributed by atoms with van der Waals surface area (Å²) in [5.41, 5.74) is 2.68. The van der Waals surface area contributed by atoms with Crippen LogP contribution in [0.15, 0.2) is 51.6 Å². The Bertz CT molecular complexity index is 892. The number of carbonyl (C=O) groups excluding carboxylic acids is 1. The Labute approximate surface area is 146 Å². The van der Waals surface area contributed by atoms with E-state index in [-0.39, 0.29) is 11.7 Å². The predicted molar refractivity (Wildman–Crippen MR) is 93.1 cm³/mol. The van der Waals surface area contributed by atoms with E-state index in [2.05, 4.69) is 31.6 Å². The van der Waals surface area contributed by atoms with Crippen LogP contribution in [0.3, 0.4) is 0 Å². The number of aryl methyl sites for hydroxylation is 1. The van der Waals surface area contributed by atoms with E-state index < -0.39 is 0 Å². The van der Waals surface area contributed by atoms with Crippen molar-refractivity contribution >= 4 is 27.7 Å². The van der Waals surface area contributed by atoms with E-state index in [1.165, 1.54) is 0 Å². The molecule has 6 nitrogen and oxygen atoms in total. The highest BCUT2D eigenvalue weighted by molar-refractivity contribution is 9.10. The third kappa shape index (κ3) is 3.16. The largest absolute Gasteiger partial charge is 0.496 e. The Morgan fingerprint density at radius 1 is 1.21 bits per heavy atom. The molecule has 0 spiro atoms. The van der Waals surface area contributed by atoms with Gasteiger partial charge in [0.25, 0.3) is 5.91 Å². The normalized spacial score (nSPS) is 10.5. The van der Waals surface area contributed by atoms with Crippen molar-refractivity contribution in [1.29, 1.82) is 0 Å². The molecule has 0 bridgehead atoms. The number of ether oxygens (including phenoxy) is 1. The summed E-state index contributed by atoms with van der Waals surface area (Å²) in [6.07, 6.45) is 0. The number of hydrogen-bond acceptors (Lipinski definition) is 5. The van der Waals surface area contributed by atoms with Gasteiger partial charge in [-0.05, 0) is 69.1 Å². The number of carbonyl (C=O) groups is 1. The molecule has 0 aliphatic heterocycles. The number of rotatable bonds is 4. The summed E-state index contributed by atoms with van der Waals surface area (Å²) in [7, 11) is 1.61. The van der Waals surface area contributed by atoms with Crippen LogP contribution in [0.5, 0.6) is 5.75 Å². The highest BCUT2D eigenvalue weighted by atomic mass is 79.9. The van der Waals surface area contributed by atoms with Crippen LogP contribution in [0.4, 0.5) is 5.82 Å². The number of benzene rings is 2. The molecule has 0 saturated carbocycles. The van der Waals surface area contributed by atoms with Gasteiger partial charge in [0.15, 0.2) is 5.69 Å². The lowest BCUT2D eigenvalue weighted by atomic mass is 10.1. The van der Waals surface area contributed by atoms with E-state index in [1.807, 2.05) is 31.2 Å². The first kappa shape index (κ1) is 16.2. The standard InChI is InChI=1S/C17H14BrN3O3/c1-10-9-11(7-8-14(10)23-2)15-16(21-24-20-15)19-17(22)12-5-3-4-6-13(12)18/h3-9H,1-2H3,(H,19,21,22). The van der Waals surface area contributed by atoms with Crippen molar-refractivity contribution in [2.45, 2.75) is 6.92 Å². The van der Waals surface area contributed by atoms with Crippen LogP contribution in [0.25, 0.3) is 11.3 Å². The van der Waals surface area contributed by atoms with E-state index in [0.29, 0.717) is 15.7 Å². The molecule has 7 heteroatoms. The molecule has 0 aliphatic carbocycles. The summed E-state index contributed by atoms with van der Waals surface area (Å²) in [6.45, 7) is 1.93. The number of nitrogens with one attached hydrogen (secondary N) is 1. The van der Waals surface area contributed by atoms with Crippen molar-refractivity contribution in [1.82, 2.24) is 10.3 Å². The molecule has 1 aromatic heterocycles. The minimum atomic E-state index is -0.301. The lowest BCUT2D eigenvalue weighted by Crippen LogP contribution is -2.13. The molecule has 0 unspecified atom stereocenters. The monoisotopic (exact) mass is 387 g/mol. The third-order valence-corrected chi connectivity index (χ3v) is 4.20. The van der Waals surface area contributed by atoms with Gasteiger partial charge >= 0.3 is 0 Å². The number of aromatic nitrogens is 2. The average molecular weight is 388 g/mol. The van der Waals surface area contributed by atoms with E-state index in [1.54, 1.807) is 25.3 Å². The SMILES string of the molecule is COc1ccc(-c2nonc2NC(=O)c2ccccc2Br)cc1C. The maximum absolute atomic E-state index is 12.4. The van der Waals surface area contributed by atoms with Crippen molar-refractivity contribution in [2.24, 2.45) is 0 Å². The zero-order valence-electron chi connectivity index (χ0n) is 13.0. The molecule has 2 aromatic carbocycles. The molecule has 0 saturated heterocycles. The Balaban J connectivity index is 1.90. The van der Waals surface area contributed by atoms with Gasteiger partial charge in [-0.2, -0.15) is 0 Å². The Kier molecular flexibility index (Phi) is 4.61. The summed E-state index contributed by atoms with van der Waals surface area (Å²) in [5.74, 6) is 0.735. The van der Waals surface area contributed by atoms with Gasteiger partial charge in [0.2, 0.25) is 5.82 Å². The second kappa shape index (κ2) is 6.84. The van der Waals surface area contributed by atoms with Crippen molar-refractivity contribution < 1.29 is 14.2 Å². The van der Waals surface area contributed by atoms with Crippen LogP contribution in [0, 0.1) is 6.92 Å². The van der Waals surface area contributed by atoms with Gasteiger partial charge in [-0.15, -0.1) is 0 Å². The molecule has 24 heavy (non-hydrogen) atoms. The Hall–Kier alpha value is -2.67. The summed E-state index contributed by atoms with van der Waals surface area (Å²) < 4.78 is 10.7. The first-order valence-corrected chi connectivity index (χ1v) is 7.93. The maximum Gasteiger partial charge on any atom is 0.258 e. The van der Waals surface area contributed by atoms with Gasteiger partial charge in [0.05, 0.1) is 12.7 Å². The zero-order valence-corrected chi connectivity index (χ0v) is 14.6. The second-order valence-corrected chi connectivity index (χ2v) is 5.93. The van der Waals surface area contributed by atoms with Crippen LogP contribution in [-0.2, 0) is 0 Å². The third-order valence-electron chi connectivity index (χ3n) is 3.51. The molecule has 0 atom stereocenters. The summed E-state index contributed by atoms with van der Waals surface area (Å²) in [6, 6.07) is 12.7. The molecule has 3 rings (SSSR count). The number of nitrogens with zero attached hydrogens (tertiary/aromatic N) is 2. The quantitative estimate of drug-likeness (QED) is 0.729. The predicted octanol–water partition coefficient (Wildman–Crippen LogP) is 4.07. The minimum Gasteiger partial charge on any atom is -0.496 e. The number of amides is 1. The van der Waals surface area contributed by atoms with E-state index >= 15 is 0 Å². The smallest absolute Gasteiger partial charge is 0.258 e. The number of hydrogen-bond donors (Lipinski definition) is 1. The lowest BCUT2D eigenvalue weighted by Gasteiger charge is -2.07. The highest BCUT2D eigenvalue weighted by Gasteiger charge is 2.18. The van der Waals surface area contributed by atoms with Crippen LogP contribution < -0.4 is 10.1 Å². The van der Waals surface area contributed by atoms with E-state index in [0.717, 1.165) is 16.9 Å². The average Bonchev–Trinajstić information content (AvgIpc) is 3.03. The molecule has 122 valence electrons. The van der Waals surface area contributed by atoms with Crippen molar-refractivity contribution in [3.8, 4) is 17.0 Å². The fourth-order valence-corrected chi connectivity index (χ4v) is 2.77. The fourth-order valence-electron chi connectivity index (χ4n) is 2.31. The van der Waals surface area contributed by atoms with Crippen LogP contribution in [-0.4, -0.2) is 23.3 Å². The topological polar surface area (TPSA) is 77.2 Å². The molecule has 0 radical (unpaired) electrons. The minimum absolute atomic E-state index is 0.264. The zero-order chi connectivity index (χ0) is 17.1. The van der Waals surface area contributed by atoms with Crippen molar-refractivity contribution in [3.05, 3.63) is 58.1 Å². The molecular formula is C17H14BrN3O3. The molecule has 0 aliphatic rings. The van der Waals surface area contributed by atoms with Gasteiger partial charge in [-0.25, -0.2) is 4.63 Å². The maximum atomic E-state index is 12.4. The number of anilines is 1. The summed E-state index contributed by atoms with van der Waals surface area (Å²) in [5, 5.41) is 10.4. The van der Waals surface area contributed by atoms with Crippen molar-refractivity contribution in [3.63, 3.8) is 0 Å².